The summed E-state index contributed by atoms with van der Waals surface area (Å²) >= 11 is 0. The van der Waals surface area contributed by atoms with Crippen molar-refractivity contribution in [3.05, 3.63) is 0 Å². The number of piperazine rings is 1. The standard InChI is InChI=1S/C15H29N5/c1-11-17-14(13-10-19(2)8-9-20(13)3)12-6-4-5-7-16-15(12)18-11/h12-16H,4-10H2,1-3H3,(H,17,18). The van der Waals surface area contributed by atoms with Gasteiger partial charge in [-0.1, -0.05) is 6.42 Å². The molecule has 0 aromatic rings. The van der Waals surface area contributed by atoms with Gasteiger partial charge in [0.05, 0.1) is 11.9 Å². The van der Waals surface area contributed by atoms with Gasteiger partial charge in [-0.25, -0.2) is 0 Å². The number of rotatable bonds is 1. The van der Waals surface area contributed by atoms with Crippen molar-refractivity contribution in [1.82, 2.24) is 20.4 Å². The predicted molar refractivity (Wildman–Crippen MR) is 83.1 cm³/mol. The Morgan fingerprint density at radius 2 is 2.05 bits per heavy atom. The Bertz CT molecular complexity index is 369. The van der Waals surface area contributed by atoms with Gasteiger partial charge in [0, 0.05) is 31.6 Å². The maximum atomic E-state index is 4.82. The number of amidine groups is 1. The summed E-state index contributed by atoms with van der Waals surface area (Å²) in [5.74, 6) is 1.73. The Kier molecular flexibility index (Phi) is 4.29. The molecule has 0 aromatic heterocycles. The van der Waals surface area contributed by atoms with Crippen LogP contribution in [-0.4, -0.2) is 74.2 Å². The van der Waals surface area contributed by atoms with E-state index in [-0.39, 0.29) is 0 Å². The van der Waals surface area contributed by atoms with Gasteiger partial charge in [0.1, 0.15) is 6.17 Å². The van der Waals surface area contributed by atoms with Crippen LogP contribution in [0.5, 0.6) is 0 Å². The second-order valence-corrected chi connectivity index (χ2v) is 6.75. The minimum absolute atomic E-state index is 0.324. The molecule has 3 aliphatic heterocycles. The van der Waals surface area contributed by atoms with Gasteiger partial charge in [-0.3, -0.25) is 15.2 Å². The molecular weight excluding hydrogens is 250 g/mol. The first-order valence-corrected chi connectivity index (χ1v) is 8.08. The lowest BCUT2D eigenvalue weighted by atomic mass is 9.84. The van der Waals surface area contributed by atoms with Crippen LogP contribution in [0.15, 0.2) is 4.99 Å². The van der Waals surface area contributed by atoms with Crippen LogP contribution >= 0.6 is 0 Å². The number of nitrogens with one attached hydrogen (secondary N) is 2. The van der Waals surface area contributed by atoms with E-state index in [0.717, 1.165) is 18.9 Å². The minimum Gasteiger partial charge on any atom is -0.369 e. The van der Waals surface area contributed by atoms with E-state index in [4.69, 9.17) is 4.99 Å². The lowest BCUT2D eigenvalue weighted by molar-refractivity contribution is 0.0650. The van der Waals surface area contributed by atoms with Crippen molar-refractivity contribution in [2.45, 2.75) is 44.4 Å². The van der Waals surface area contributed by atoms with Crippen LogP contribution in [0.1, 0.15) is 26.2 Å². The van der Waals surface area contributed by atoms with E-state index in [1.54, 1.807) is 0 Å². The number of hydrogen-bond donors (Lipinski definition) is 2. The van der Waals surface area contributed by atoms with E-state index < -0.39 is 0 Å². The lowest BCUT2D eigenvalue weighted by Gasteiger charge is -2.47. The quantitative estimate of drug-likeness (QED) is 0.726. The van der Waals surface area contributed by atoms with Gasteiger partial charge >= 0.3 is 0 Å². The van der Waals surface area contributed by atoms with E-state index >= 15 is 0 Å². The minimum atomic E-state index is 0.324. The van der Waals surface area contributed by atoms with E-state index in [1.807, 2.05) is 0 Å². The second-order valence-electron chi connectivity index (χ2n) is 6.75. The summed E-state index contributed by atoms with van der Waals surface area (Å²) in [7, 11) is 4.52. The molecule has 3 heterocycles. The Balaban J connectivity index is 1.81. The van der Waals surface area contributed by atoms with Crippen molar-refractivity contribution >= 4 is 5.84 Å². The Morgan fingerprint density at radius 1 is 1.20 bits per heavy atom. The topological polar surface area (TPSA) is 42.9 Å². The molecule has 2 saturated heterocycles. The average molecular weight is 279 g/mol. The SMILES string of the molecule is CC1=NC2NCCCCC2C(C2CN(C)CCN2C)N1. The van der Waals surface area contributed by atoms with Crippen LogP contribution in [0.3, 0.4) is 0 Å². The number of nitrogens with zero attached hydrogens (tertiary/aromatic N) is 3. The summed E-state index contributed by atoms with van der Waals surface area (Å²) in [6.45, 7) is 6.73. The Morgan fingerprint density at radius 3 is 2.90 bits per heavy atom. The van der Waals surface area contributed by atoms with Crippen molar-refractivity contribution in [2.24, 2.45) is 10.9 Å². The molecule has 5 heteroatoms. The van der Waals surface area contributed by atoms with Crippen LogP contribution in [0, 0.1) is 5.92 Å². The molecule has 0 aliphatic carbocycles. The van der Waals surface area contributed by atoms with Crippen molar-refractivity contribution < 1.29 is 0 Å². The van der Waals surface area contributed by atoms with Crippen LogP contribution < -0.4 is 10.6 Å². The number of hydrogen-bond acceptors (Lipinski definition) is 5. The fourth-order valence-corrected chi connectivity index (χ4v) is 3.99. The zero-order chi connectivity index (χ0) is 14.1. The number of likely N-dealkylation sites (N-methyl/N-ethyl adjacent to an activating group) is 2. The first-order valence-electron chi connectivity index (χ1n) is 8.08. The third-order valence-electron chi connectivity index (χ3n) is 5.21. The van der Waals surface area contributed by atoms with E-state index in [2.05, 4.69) is 41.5 Å². The van der Waals surface area contributed by atoms with Crippen LogP contribution in [0.2, 0.25) is 0 Å². The molecule has 20 heavy (non-hydrogen) atoms. The van der Waals surface area contributed by atoms with Gasteiger partial charge < -0.3 is 10.2 Å². The lowest BCUT2D eigenvalue weighted by Crippen LogP contribution is -2.65. The second kappa shape index (κ2) is 6.00. The van der Waals surface area contributed by atoms with E-state index in [1.165, 1.54) is 32.4 Å². The summed E-state index contributed by atoms with van der Waals surface area (Å²) in [5, 5.41) is 7.36. The molecular formula is C15H29N5. The highest BCUT2D eigenvalue weighted by Gasteiger charge is 2.41. The first kappa shape index (κ1) is 14.3. The molecule has 4 atom stereocenters. The molecule has 4 unspecified atom stereocenters. The summed E-state index contributed by atoms with van der Waals surface area (Å²) in [6.07, 6.45) is 4.23. The van der Waals surface area contributed by atoms with Gasteiger partial charge in [0.15, 0.2) is 0 Å². The smallest absolute Gasteiger partial charge is 0.106 e. The fourth-order valence-electron chi connectivity index (χ4n) is 3.99. The zero-order valence-electron chi connectivity index (χ0n) is 13.1. The normalized spacial score (nSPS) is 40.5. The molecule has 0 bridgehead atoms. The maximum absolute atomic E-state index is 4.82. The van der Waals surface area contributed by atoms with Gasteiger partial charge in [-0.15, -0.1) is 0 Å². The van der Waals surface area contributed by atoms with Gasteiger partial charge in [-0.2, -0.15) is 0 Å². The van der Waals surface area contributed by atoms with Crippen molar-refractivity contribution in [1.29, 1.82) is 0 Å². The fraction of sp³-hybridized carbons (Fsp3) is 0.933. The largest absolute Gasteiger partial charge is 0.369 e. The summed E-state index contributed by atoms with van der Waals surface area (Å²) in [6, 6.07) is 1.11. The van der Waals surface area contributed by atoms with Crippen LogP contribution in [-0.2, 0) is 0 Å². The predicted octanol–water partition coefficient (Wildman–Crippen LogP) is 0.338. The molecule has 3 aliphatic rings. The van der Waals surface area contributed by atoms with Gasteiger partial charge in [-0.05, 0) is 40.4 Å². The van der Waals surface area contributed by atoms with Crippen LogP contribution in [0.25, 0.3) is 0 Å². The highest BCUT2D eigenvalue weighted by molar-refractivity contribution is 5.80. The maximum Gasteiger partial charge on any atom is 0.106 e. The third-order valence-corrected chi connectivity index (χ3v) is 5.21. The molecule has 0 saturated carbocycles. The molecule has 0 spiro atoms. The monoisotopic (exact) mass is 279 g/mol. The molecule has 2 fully saturated rings. The van der Waals surface area contributed by atoms with Crippen molar-refractivity contribution in [3.8, 4) is 0 Å². The molecule has 0 amide bonds. The van der Waals surface area contributed by atoms with Crippen molar-refractivity contribution in [3.63, 3.8) is 0 Å². The molecule has 5 nitrogen and oxygen atoms in total. The van der Waals surface area contributed by atoms with Gasteiger partial charge in [0.2, 0.25) is 0 Å². The zero-order valence-corrected chi connectivity index (χ0v) is 13.1. The van der Waals surface area contributed by atoms with Crippen LogP contribution in [0.4, 0.5) is 0 Å². The highest BCUT2D eigenvalue weighted by atomic mass is 15.3. The molecule has 3 rings (SSSR count). The molecule has 114 valence electrons. The van der Waals surface area contributed by atoms with E-state index in [9.17, 15) is 0 Å². The first-order chi connectivity index (χ1) is 9.65. The van der Waals surface area contributed by atoms with Gasteiger partial charge in [0.25, 0.3) is 0 Å². The molecule has 2 N–H and O–H groups in total. The Labute approximate surface area is 122 Å². The molecule has 0 aromatic carbocycles. The average Bonchev–Trinajstić information content (AvgIpc) is 2.66. The summed E-state index contributed by atoms with van der Waals surface area (Å²) < 4.78 is 0. The Hall–Kier alpha value is -0.650. The third kappa shape index (κ3) is 2.85. The number of fused-ring (bicyclic) bond motifs is 1. The molecule has 0 radical (unpaired) electrons. The van der Waals surface area contributed by atoms with Crippen molar-refractivity contribution in [2.75, 3.05) is 40.3 Å². The number of aliphatic imine (C=N–C) groups is 1. The van der Waals surface area contributed by atoms with E-state index in [0.29, 0.717) is 24.2 Å². The highest BCUT2D eigenvalue weighted by Crippen LogP contribution is 2.28. The summed E-state index contributed by atoms with van der Waals surface area (Å²) in [5.41, 5.74) is 0. The summed E-state index contributed by atoms with van der Waals surface area (Å²) in [4.78, 5) is 9.82.